The van der Waals surface area contributed by atoms with Gasteiger partial charge < -0.3 is 9.47 Å². The van der Waals surface area contributed by atoms with E-state index in [1.54, 1.807) is 6.92 Å². The molecule has 1 fully saturated rings. The SMILES string of the molecule is CCOC(=O)CN1C(=O)OC[C@@H]1c1ccccc1. The van der Waals surface area contributed by atoms with E-state index in [2.05, 4.69) is 0 Å². The van der Waals surface area contributed by atoms with E-state index in [0.29, 0.717) is 6.61 Å². The molecule has 1 saturated heterocycles. The fourth-order valence-corrected chi connectivity index (χ4v) is 1.92. The van der Waals surface area contributed by atoms with E-state index < -0.39 is 12.1 Å². The second kappa shape index (κ2) is 5.53. The summed E-state index contributed by atoms with van der Waals surface area (Å²) in [5.74, 6) is -0.419. The van der Waals surface area contributed by atoms with Gasteiger partial charge >= 0.3 is 12.1 Å². The number of amides is 1. The molecule has 1 heterocycles. The first kappa shape index (κ1) is 12.4. The summed E-state index contributed by atoms with van der Waals surface area (Å²) in [4.78, 5) is 24.4. The lowest BCUT2D eigenvalue weighted by atomic mass is 10.1. The molecule has 0 aromatic heterocycles. The Kier molecular flexibility index (Phi) is 3.82. The van der Waals surface area contributed by atoms with E-state index in [4.69, 9.17) is 9.47 Å². The van der Waals surface area contributed by atoms with Gasteiger partial charge in [-0.05, 0) is 12.5 Å². The van der Waals surface area contributed by atoms with Crippen LogP contribution < -0.4 is 0 Å². The molecule has 0 radical (unpaired) electrons. The first-order chi connectivity index (χ1) is 8.72. The van der Waals surface area contributed by atoms with Crippen molar-refractivity contribution in [1.82, 2.24) is 4.90 Å². The highest BCUT2D eigenvalue weighted by Crippen LogP contribution is 2.27. The van der Waals surface area contributed by atoms with Crippen LogP contribution in [0, 0.1) is 0 Å². The molecular formula is C13H15NO4. The third-order valence-electron chi connectivity index (χ3n) is 2.76. The zero-order chi connectivity index (χ0) is 13.0. The van der Waals surface area contributed by atoms with Crippen LogP contribution in [0.2, 0.25) is 0 Å². The van der Waals surface area contributed by atoms with Crippen LogP contribution in [0.1, 0.15) is 18.5 Å². The molecule has 1 amide bonds. The molecule has 18 heavy (non-hydrogen) atoms. The monoisotopic (exact) mass is 249 g/mol. The second-order valence-electron chi connectivity index (χ2n) is 3.94. The third kappa shape index (κ3) is 2.61. The number of benzene rings is 1. The molecule has 2 rings (SSSR count). The van der Waals surface area contributed by atoms with E-state index in [0.717, 1.165) is 5.56 Å². The Morgan fingerprint density at radius 2 is 2.17 bits per heavy atom. The van der Waals surface area contributed by atoms with E-state index >= 15 is 0 Å². The van der Waals surface area contributed by atoms with Crippen molar-refractivity contribution in [2.24, 2.45) is 0 Å². The number of cyclic esters (lactones) is 1. The topological polar surface area (TPSA) is 55.8 Å². The summed E-state index contributed by atoms with van der Waals surface area (Å²) < 4.78 is 9.84. The summed E-state index contributed by atoms with van der Waals surface area (Å²) in [5.41, 5.74) is 0.952. The standard InChI is InChI=1S/C13H15NO4/c1-2-17-12(15)8-14-11(9-18-13(14)16)10-6-4-3-5-7-10/h3-7,11H,2,8-9H2,1H3/t11-/m1/s1. The zero-order valence-corrected chi connectivity index (χ0v) is 10.2. The number of carbonyl (C=O) groups is 2. The van der Waals surface area contributed by atoms with Gasteiger partial charge in [-0.25, -0.2) is 4.79 Å². The fraction of sp³-hybridized carbons (Fsp3) is 0.385. The minimum Gasteiger partial charge on any atom is -0.465 e. The average Bonchev–Trinajstić information content (AvgIpc) is 2.73. The second-order valence-corrected chi connectivity index (χ2v) is 3.94. The molecule has 1 aromatic carbocycles. The molecule has 1 atom stereocenters. The average molecular weight is 249 g/mol. The van der Waals surface area contributed by atoms with Gasteiger partial charge in [-0.3, -0.25) is 9.69 Å². The van der Waals surface area contributed by atoms with Gasteiger partial charge in [-0.2, -0.15) is 0 Å². The smallest absolute Gasteiger partial charge is 0.411 e. The normalized spacial score (nSPS) is 18.6. The Labute approximate surface area is 105 Å². The quantitative estimate of drug-likeness (QED) is 0.763. The van der Waals surface area contributed by atoms with Crippen molar-refractivity contribution in [3.05, 3.63) is 35.9 Å². The van der Waals surface area contributed by atoms with Crippen LogP contribution in [0.5, 0.6) is 0 Å². The summed E-state index contributed by atoms with van der Waals surface area (Å²) in [6.45, 7) is 2.22. The van der Waals surface area contributed by atoms with E-state index in [1.807, 2.05) is 30.3 Å². The molecule has 0 bridgehead atoms. The molecule has 0 unspecified atom stereocenters. The van der Waals surface area contributed by atoms with E-state index in [1.165, 1.54) is 4.90 Å². The van der Waals surface area contributed by atoms with E-state index in [9.17, 15) is 9.59 Å². The van der Waals surface area contributed by atoms with Gasteiger partial charge in [0.25, 0.3) is 0 Å². The van der Waals surface area contributed by atoms with Crippen LogP contribution >= 0.6 is 0 Å². The Morgan fingerprint density at radius 1 is 1.44 bits per heavy atom. The van der Waals surface area contributed by atoms with Crippen LogP contribution in [0.4, 0.5) is 4.79 Å². The number of esters is 1. The third-order valence-corrected chi connectivity index (χ3v) is 2.76. The van der Waals surface area contributed by atoms with Crippen LogP contribution in [0.25, 0.3) is 0 Å². The van der Waals surface area contributed by atoms with Crippen molar-refractivity contribution < 1.29 is 19.1 Å². The Bertz CT molecular complexity index is 432. The summed E-state index contributed by atoms with van der Waals surface area (Å²) in [6, 6.07) is 9.27. The van der Waals surface area contributed by atoms with Crippen LogP contribution in [0.15, 0.2) is 30.3 Å². The highest BCUT2D eigenvalue weighted by Gasteiger charge is 2.35. The van der Waals surface area contributed by atoms with Crippen LogP contribution in [0.3, 0.4) is 0 Å². The first-order valence-electron chi connectivity index (χ1n) is 5.86. The molecular weight excluding hydrogens is 234 g/mol. The molecule has 0 saturated carbocycles. The Balaban J connectivity index is 2.11. The van der Waals surface area contributed by atoms with Gasteiger partial charge in [0.15, 0.2) is 0 Å². The van der Waals surface area contributed by atoms with E-state index in [-0.39, 0.29) is 19.2 Å². The van der Waals surface area contributed by atoms with Crippen molar-refractivity contribution >= 4 is 12.1 Å². The number of hydrogen-bond donors (Lipinski definition) is 0. The predicted octanol–water partition coefficient (Wildman–Crippen LogP) is 1.74. The predicted molar refractivity (Wildman–Crippen MR) is 63.9 cm³/mol. The summed E-state index contributed by atoms with van der Waals surface area (Å²) in [5, 5.41) is 0. The lowest BCUT2D eigenvalue weighted by molar-refractivity contribution is -0.144. The fourth-order valence-electron chi connectivity index (χ4n) is 1.92. The highest BCUT2D eigenvalue weighted by molar-refractivity contribution is 5.79. The molecule has 96 valence electrons. The highest BCUT2D eigenvalue weighted by atomic mass is 16.6. The van der Waals surface area contributed by atoms with Gasteiger partial charge in [0, 0.05) is 0 Å². The molecule has 1 aliphatic heterocycles. The first-order valence-corrected chi connectivity index (χ1v) is 5.86. The summed E-state index contributed by atoms with van der Waals surface area (Å²) in [7, 11) is 0. The number of carbonyl (C=O) groups excluding carboxylic acids is 2. The number of rotatable bonds is 4. The summed E-state index contributed by atoms with van der Waals surface area (Å²) >= 11 is 0. The van der Waals surface area contributed by atoms with Crippen LogP contribution in [-0.4, -0.2) is 36.7 Å². The van der Waals surface area contributed by atoms with Crippen molar-refractivity contribution in [2.45, 2.75) is 13.0 Å². The molecule has 0 aliphatic carbocycles. The number of nitrogens with zero attached hydrogens (tertiary/aromatic N) is 1. The molecule has 5 nitrogen and oxygen atoms in total. The van der Waals surface area contributed by atoms with Crippen molar-refractivity contribution in [3.8, 4) is 0 Å². The summed E-state index contributed by atoms with van der Waals surface area (Å²) in [6.07, 6.45) is -0.475. The van der Waals surface area contributed by atoms with Gasteiger partial charge in [-0.15, -0.1) is 0 Å². The van der Waals surface area contributed by atoms with Crippen LogP contribution in [-0.2, 0) is 14.3 Å². The molecule has 5 heteroatoms. The molecule has 0 spiro atoms. The van der Waals surface area contributed by atoms with Gasteiger partial charge in [0.1, 0.15) is 13.2 Å². The minimum atomic E-state index is -0.475. The lowest BCUT2D eigenvalue weighted by Gasteiger charge is -2.20. The minimum absolute atomic E-state index is 0.0771. The molecule has 1 aliphatic rings. The Hall–Kier alpha value is -2.04. The molecule has 1 aromatic rings. The van der Waals surface area contributed by atoms with Gasteiger partial charge in [0.2, 0.25) is 0 Å². The zero-order valence-electron chi connectivity index (χ0n) is 10.2. The van der Waals surface area contributed by atoms with Crippen molar-refractivity contribution in [3.63, 3.8) is 0 Å². The van der Waals surface area contributed by atoms with Crippen molar-refractivity contribution in [2.75, 3.05) is 19.8 Å². The van der Waals surface area contributed by atoms with Crippen molar-refractivity contribution in [1.29, 1.82) is 0 Å². The number of ether oxygens (including phenoxy) is 2. The van der Waals surface area contributed by atoms with Gasteiger partial charge in [-0.1, -0.05) is 30.3 Å². The lowest BCUT2D eigenvalue weighted by Crippen LogP contribution is -2.33. The maximum atomic E-state index is 11.6. The maximum Gasteiger partial charge on any atom is 0.411 e. The largest absolute Gasteiger partial charge is 0.465 e. The molecule has 0 N–H and O–H groups in total. The van der Waals surface area contributed by atoms with Gasteiger partial charge in [0.05, 0.1) is 12.6 Å². The Morgan fingerprint density at radius 3 is 2.83 bits per heavy atom. The maximum absolute atomic E-state index is 11.6. The number of hydrogen-bond acceptors (Lipinski definition) is 4.